The maximum Gasteiger partial charge on any atom is 0.326 e. The number of nitrogens with one attached hydrogen (secondary N) is 1. The third kappa shape index (κ3) is 6.74. The van der Waals surface area contributed by atoms with Crippen LogP contribution in [-0.2, 0) is 26.0 Å². The molecule has 1 fully saturated rings. The highest BCUT2D eigenvalue weighted by Gasteiger charge is 2.40. The second kappa shape index (κ2) is 10.6. The number of aryl methyl sites for hydroxylation is 1. The number of hydrogen-bond donors (Lipinski definition) is 2. The Hall–Kier alpha value is -2.62. The van der Waals surface area contributed by atoms with Gasteiger partial charge in [-0.25, -0.2) is 13.2 Å². The molecular formula is C25H31ClN2O6S. The molecule has 0 aromatic heterocycles. The zero-order valence-electron chi connectivity index (χ0n) is 20.2. The third-order valence-electron chi connectivity index (χ3n) is 5.60. The lowest BCUT2D eigenvalue weighted by molar-refractivity contribution is -0.142. The number of amides is 1. The zero-order valence-corrected chi connectivity index (χ0v) is 21.8. The lowest BCUT2D eigenvalue weighted by atomic mass is 10.0. The molecule has 35 heavy (non-hydrogen) atoms. The van der Waals surface area contributed by atoms with E-state index in [1.807, 2.05) is 27.7 Å². The number of carbonyl (C=O) groups is 2. The lowest BCUT2D eigenvalue weighted by Gasteiger charge is -2.25. The molecule has 0 bridgehead atoms. The van der Waals surface area contributed by atoms with Crippen LogP contribution in [0, 0.1) is 6.92 Å². The van der Waals surface area contributed by atoms with Crippen molar-refractivity contribution in [1.29, 1.82) is 0 Å². The summed E-state index contributed by atoms with van der Waals surface area (Å²) in [7, 11) is -3.90. The fourth-order valence-corrected chi connectivity index (χ4v) is 5.82. The molecule has 0 saturated carbocycles. The van der Waals surface area contributed by atoms with Crippen LogP contribution in [0.25, 0.3) is 0 Å². The van der Waals surface area contributed by atoms with Crippen molar-refractivity contribution in [1.82, 2.24) is 9.62 Å². The molecule has 2 atom stereocenters. The number of carboxylic acids is 1. The van der Waals surface area contributed by atoms with Gasteiger partial charge in [-0.3, -0.25) is 4.79 Å². The molecule has 1 aliphatic heterocycles. The third-order valence-corrected chi connectivity index (χ3v) is 7.82. The van der Waals surface area contributed by atoms with Crippen LogP contribution in [0.1, 0.15) is 44.7 Å². The summed E-state index contributed by atoms with van der Waals surface area (Å²) < 4.78 is 33.2. The van der Waals surface area contributed by atoms with Gasteiger partial charge in [0.25, 0.3) is 0 Å². The van der Waals surface area contributed by atoms with Crippen LogP contribution in [0.15, 0.2) is 47.4 Å². The van der Waals surface area contributed by atoms with Crippen LogP contribution < -0.4 is 10.1 Å². The van der Waals surface area contributed by atoms with E-state index in [9.17, 15) is 23.1 Å². The van der Waals surface area contributed by atoms with Crippen molar-refractivity contribution in [2.75, 3.05) is 6.54 Å². The Morgan fingerprint density at radius 3 is 2.43 bits per heavy atom. The summed E-state index contributed by atoms with van der Waals surface area (Å²) in [5.41, 5.74) is 1.07. The first-order valence-corrected chi connectivity index (χ1v) is 13.2. The van der Waals surface area contributed by atoms with Gasteiger partial charge in [-0.1, -0.05) is 35.4 Å². The van der Waals surface area contributed by atoms with Gasteiger partial charge in [-0.05, 0) is 70.4 Å². The number of rotatable bonds is 8. The number of halogens is 1. The zero-order chi connectivity index (χ0) is 26.0. The highest BCUT2D eigenvalue weighted by Crippen LogP contribution is 2.30. The van der Waals surface area contributed by atoms with Crippen LogP contribution in [0.4, 0.5) is 0 Å². The van der Waals surface area contributed by atoms with E-state index in [1.165, 1.54) is 12.1 Å². The summed E-state index contributed by atoms with van der Waals surface area (Å²) in [5.74, 6) is -1.39. The predicted molar refractivity (Wildman–Crippen MR) is 133 cm³/mol. The number of hydrogen-bond acceptors (Lipinski definition) is 5. The van der Waals surface area contributed by atoms with Crippen LogP contribution in [0.3, 0.4) is 0 Å². The highest BCUT2D eigenvalue weighted by molar-refractivity contribution is 7.89. The number of ether oxygens (including phenoxy) is 1. The lowest BCUT2D eigenvalue weighted by Crippen LogP contribution is -2.51. The van der Waals surface area contributed by atoms with E-state index < -0.39 is 39.6 Å². The molecule has 2 N–H and O–H groups in total. The molecular weight excluding hydrogens is 492 g/mol. The van der Waals surface area contributed by atoms with Gasteiger partial charge in [0.2, 0.25) is 15.9 Å². The van der Waals surface area contributed by atoms with Crippen molar-refractivity contribution in [3.05, 3.63) is 58.6 Å². The van der Waals surface area contributed by atoms with E-state index in [2.05, 4.69) is 5.32 Å². The Morgan fingerprint density at radius 2 is 1.86 bits per heavy atom. The van der Waals surface area contributed by atoms with Gasteiger partial charge >= 0.3 is 5.97 Å². The summed E-state index contributed by atoms with van der Waals surface area (Å²) in [5, 5.41) is 12.6. The van der Waals surface area contributed by atoms with Gasteiger partial charge in [0.1, 0.15) is 23.4 Å². The number of aliphatic carboxylic acids is 1. The normalized spacial score (nSPS) is 17.7. The molecule has 1 heterocycles. The molecule has 0 aliphatic carbocycles. The standard InChI is InChI=1S/C25H31ClN2O6S/c1-16-7-10-18(11-8-16)35(32,33)28-13-5-6-21(28)23(29)27-20(24(30)31)15-17-9-12-22(19(26)14-17)34-25(2,3)4/h7-12,14,20-21H,5-6,13,15H2,1-4H3,(H,27,29)(H,30,31)/t20-,21-/m0/s1. The van der Waals surface area contributed by atoms with Crippen molar-refractivity contribution in [2.24, 2.45) is 0 Å². The average Bonchev–Trinajstić information content (AvgIpc) is 3.25. The van der Waals surface area contributed by atoms with E-state index >= 15 is 0 Å². The number of nitrogens with zero attached hydrogens (tertiary/aromatic N) is 1. The van der Waals surface area contributed by atoms with Gasteiger partial charge in [0, 0.05) is 13.0 Å². The second-order valence-electron chi connectivity index (χ2n) is 9.67. The Balaban J connectivity index is 1.74. The van der Waals surface area contributed by atoms with Gasteiger partial charge < -0.3 is 15.2 Å². The minimum absolute atomic E-state index is 0.0198. The molecule has 1 amide bonds. The minimum atomic E-state index is -3.90. The van der Waals surface area contributed by atoms with E-state index in [4.69, 9.17) is 16.3 Å². The fourth-order valence-electron chi connectivity index (χ4n) is 3.92. The molecule has 10 heteroatoms. The highest BCUT2D eigenvalue weighted by atomic mass is 35.5. The summed E-state index contributed by atoms with van der Waals surface area (Å²) >= 11 is 6.31. The Kier molecular flexibility index (Phi) is 8.14. The van der Waals surface area contributed by atoms with Crippen molar-refractivity contribution in [3.8, 4) is 5.75 Å². The first-order chi connectivity index (χ1) is 16.3. The van der Waals surface area contributed by atoms with E-state index in [1.54, 1.807) is 30.3 Å². The number of sulfonamides is 1. The quantitative estimate of drug-likeness (QED) is 0.545. The maximum atomic E-state index is 13.1. The number of carboxylic acid groups (broad SMARTS) is 1. The molecule has 1 aliphatic rings. The number of carbonyl (C=O) groups excluding carboxylic acids is 1. The molecule has 1 saturated heterocycles. The molecule has 190 valence electrons. The summed E-state index contributed by atoms with van der Waals surface area (Å²) in [4.78, 5) is 25.1. The van der Waals surface area contributed by atoms with Crippen LogP contribution in [0.5, 0.6) is 5.75 Å². The van der Waals surface area contributed by atoms with Crippen LogP contribution in [-0.4, -0.2) is 53.9 Å². The summed E-state index contributed by atoms with van der Waals surface area (Å²) in [6, 6.07) is 9.14. The van der Waals surface area contributed by atoms with Crippen LogP contribution >= 0.6 is 11.6 Å². The second-order valence-corrected chi connectivity index (χ2v) is 12.0. The summed E-state index contributed by atoms with van der Waals surface area (Å²) in [6.45, 7) is 7.71. The fraction of sp³-hybridized carbons (Fsp3) is 0.440. The van der Waals surface area contributed by atoms with Crippen molar-refractivity contribution < 1.29 is 27.9 Å². The van der Waals surface area contributed by atoms with E-state index in [0.717, 1.165) is 9.87 Å². The molecule has 8 nitrogen and oxygen atoms in total. The van der Waals surface area contributed by atoms with E-state index in [-0.39, 0.29) is 17.9 Å². The first kappa shape index (κ1) is 27.0. The molecule has 0 unspecified atom stereocenters. The molecule has 2 aromatic carbocycles. The topological polar surface area (TPSA) is 113 Å². The minimum Gasteiger partial charge on any atom is -0.487 e. The average molecular weight is 523 g/mol. The predicted octanol–water partition coefficient (Wildman–Crippen LogP) is 3.79. The largest absolute Gasteiger partial charge is 0.487 e. The van der Waals surface area contributed by atoms with Gasteiger partial charge in [0.05, 0.1) is 9.92 Å². The van der Waals surface area contributed by atoms with Gasteiger partial charge in [-0.15, -0.1) is 0 Å². The molecule has 0 radical (unpaired) electrons. The van der Waals surface area contributed by atoms with E-state index in [0.29, 0.717) is 29.2 Å². The van der Waals surface area contributed by atoms with Crippen LogP contribution in [0.2, 0.25) is 5.02 Å². The first-order valence-electron chi connectivity index (χ1n) is 11.4. The van der Waals surface area contributed by atoms with Crippen molar-refractivity contribution >= 4 is 33.5 Å². The molecule has 0 spiro atoms. The Morgan fingerprint density at radius 1 is 1.20 bits per heavy atom. The number of benzene rings is 2. The monoisotopic (exact) mass is 522 g/mol. The van der Waals surface area contributed by atoms with Gasteiger partial charge in [0.15, 0.2) is 0 Å². The molecule has 3 rings (SSSR count). The van der Waals surface area contributed by atoms with Crippen molar-refractivity contribution in [3.63, 3.8) is 0 Å². The van der Waals surface area contributed by atoms with Crippen molar-refractivity contribution in [2.45, 2.75) is 69.5 Å². The van der Waals surface area contributed by atoms with Gasteiger partial charge in [-0.2, -0.15) is 4.31 Å². The summed E-state index contributed by atoms with van der Waals surface area (Å²) in [6.07, 6.45) is 0.799. The Labute approximate surface area is 211 Å². The smallest absolute Gasteiger partial charge is 0.326 e. The molecule has 2 aromatic rings. The maximum absolute atomic E-state index is 13.1. The Bertz CT molecular complexity index is 1190. The SMILES string of the molecule is Cc1ccc(S(=O)(=O)N2CCC[C@H]2C(=O)N[C@@H](Cc2ccc(OC(C)(C)C)c(Cl)c2)C(=O)O)cc1.